The Labute approximate surface area is 138 Å². The van der Waals surface area contributed by atoms with Gasteiger partial charge in [0.1, 0.15) is 0 Å². The summed E-state index contributed by atoms with van der Waals surface area (Å²) in [6.07, 6.45) is 3.72. The van der Waals surface area contributed by atoms with Gasteiger partial charge in [-0.15, -0.1) is 0 Å². The van der Waals surface area contributed by atoms with E-state index >= 15 is 0 Å². The van der Waals surface area contributed by atoms with Crippen LogP contribution in [0.4, 0.5) is 0 Å². The number of pyridine rings is 1. The van der Waals surface area contributed by atoms with E-state index < -0.39 is 0 Å². The quantitative estimate of drug-likeness (QED) is 0.750. The van der Waals surface area contributed by atoms with Crippen LogP contribution in [0.25, 0.3) is 11.0 Å². The number of H-pyrrole nitrogens is 1. The third-order valence-corrected chi connectivity index (χ3v) is 4.57. The second kappa shape index (κ2) is 5.56. The summed E-state index contributed by atoms with van der Waals surface area (Å²) in [5.74, 6) is -0.266. The van der Waals surface area contributed by atoms with Crippen LogP contribution < -0.4 is 0 Å². The molecule has 0 radical (unpaired) electrons. The first-order valence-electron chi connectivity index (χ1n) is 7.90. The van der Waals surface area contributed by atoms with Gasteiger partial charge in [-0.25, -0.2) is 4.98 Å². The average Bonchev–Trinajstić information content (AvgIpc) is 3.17. The summed E-state index contributed by atoms with van der Waals surface area (Å²) in [7, 11) is 0. The molecule has 6 heteroatoms. The standard InChI is InChI=1S/C18H16N4O2/c1-11(12-5-3-2-4-6-12)7-8-22-17(23)14-9-19-16-13(10-20-21-16)15(14)18(22)24/h2-6,9-11H,7-8H2,1H3,(H,19,20,21). The number of benzene rings is 1. The minimum atomic E-state index is -0.272. The Morgan fingerprint density at radius 1 is 1.12 bits per heavy atom. The number of carbonyl (C=O) groups excluding carboxylic acids is 2. The lowest BCUT2D eigenvalue weighted by Crippen LogP contribution is -2.31. The predicted octanol–water partition coefficient (Wildman–Crippen LogP) is 2.75. The fourth-order valence-corrected chi connectivity index (χ4v) is 3.14. The van der Waals surface area contributed by atoms with E-state index in [4.69, 9.17) is 0 Å². The number of nitrogens with zero attached hydrogens (tertiary/aromatic N) is 3. The van der Waals surface area contributed by atoms with Gasteiger partial charge in [-0.1, -0.05) is 37.3 Å². The molecule has 1 atom stereocenters. The molecule has 0 saturated carbocycles. The third kappa shape index (κ3) is 2.19. The van der Waals surface area contributed by atoms with E-state index in [0.29, 0.717) is 28.7 Å². The molecule has 2 amide bonds. The summed E-state index contributed by atoms with van der Waals surface area (Å²) in [6, 6.07) is 10.1. The normalized spacial score (nSPS) is 15.1. The summed E-state index contributed by atoms with van der Waals surface area (Å²) in [5.41, 5.74) is 2.50. The smallest absolute Gasteiger partial charge is 0.263 e. The van der Waals surface area contributed by atoms with Gasteiger partial charge in [0.25, 0.3) is 11.8 Å². The van der Waals surface area contributed by atoms with E-state index in [1.54, 1.807) is 6.20 Å². The van der Waals surface area contributed by atoms with Crippen LogP contribution in [0.3, 0.4) is 0 Å². The van der Waals surface area contributed by atoms with Crippen molar-refractivity contribution in [3.05, 3.63) is 59.4 Å². The molecule has 1 aliphatic rings. The largest absolute Gasteiger partial charge is 0.274 e. The molecule has 6 nitrogen and oxygen atoms in total. The number of aromatic amines is 1. The van der Waals surface area contributed by atoms with E-state index in [1.807, 2.05) is 18.2 Å². The molecule has 1 N–H and O–H groups in total. The van der Waals surface area contributed by atoms with Crippen LogP contribution in [0.2, 0.25) is 0 Å². The Kier molecular flexibility index (Phi) is 3.37. The van der Waals surface area contributed by atoms with Crippen LogP contribution in [0, 0.1) is 0 Å². The van der Waals surface area contributed by atoms with E-state index in [1.165, 1.54) is 16.7 Å². The maximum Gasteiger partial charge on any atom is 0.263 e. The number of amides is 2. The molecular weight excluding hydrogens is 304 g/mol. The number of nitrogens with one attached hydrogen (secondary N) is 1. The number of hydrogen-bond donors (Lipinski definition) is 1. The van der Waals surface area contributed by atoms with Gasteiger partial charge in [-0.2, -0.15) is 5.10 Å². The fraction of sp³-hybridized carbons (Fsp3) is 0.222. The van der Waals surface area contributed by atoms with Crippen molar-refractivity contribution >= 4 is 22.8 Å². The SMILES string of the molecule is CC(CCN1C(=O)c2cnc3[nH]ncc3c2C1=O)c1ccccc1. The molecule has 0 fully saturated rings. The molecule has 1 aromatic carbocycles. The van der Waals surface area contributed by atoms with Crippen molar-refractivity contribution in [1.82, 2.24) is 20.1 Å². The van der Waals surface area contributed by atoms with E-state index in [-0.39, 0.29) is 17.7 Å². The van der Waals surface area contributed by atoms with Gasteiger partial charge in [0.2, 0.25) is 0 Å². The number of hydrogen-bond acceptors (Lipinski definition) is 4. The minimum Gasteiger partial charge on any atom is -0.274 e. The number of rotatable bonds is 4. The molecule has 0 spiro atoms. The summed E-state index contributed by atoms with van der Waals surface area (Å²) in [6.45, 7) is 2.49. The lowest BCUT2D eigenvalue weighted by Gasteiger charge is -2.17. The van der Waals surface area contributed by atoms with Crippen molar-refractivity contribution in [2.75, 3.05) is 6.54 Å². The Morgan fingerprint density at radius 3 is 2.71 bits per heavy atom. The average molecular weight is 320 g/mol. The van der Waals surface area contributed by atoms with Crippen molar-refractivity contribution < 1.29 is 9.59 Å². The van der Waals surface area contributed by atoms with Gasteiger partial charge in [0, 0.05) is 12.7 Å². The molecule has 4 rings (SSSR count). The van der Waals surface area contributed by atoms with Gasteiger partial charge in [0.15, 0.2) is 5.65 Å². The molecule has 0 aliphatic carbocycles. The Balaban J connectivity index is 1.57. The first kappa shape index (κ1) is 14.6. The van der Waals surface area contributed by atoms with Gasteiger partial charge in [-0.05, 0) is 17.9 Å². The number of aromatic nitrogens is 3. The summed E-state index contributed by atoms with van der Waals surface area (Å²) in [5, 5.41) is 7.24. The van der Waals surface area contributed by atoms with E-state index in [9.17, 15) is 9.59 Å². The number of carbonyl (C=O) groups is 2. The molecule has 120 valence electrons. The van der Waals surface area contributed by atoms with Crippen LogP contribution in [0.1, 0.15) is 45.5 Å². The number of imide groups is 1. The molecule has 1 aliphatic heterocycles. The lowest BCUT2D eigenvalue weighted by molar-refractivity contribution is 0.0651. The molecular formula is C18H16N4O2. The molecule has 1 unspecified atom stereocenters. The number of fused-ring (bicyclic) bond motifs is 3. The zero-order valence-corrected chi connectivity index (χ0v) is 13.2. The van der Waals surface area contributed by atoms with Crippen molar-refractivity contribution in [1.29, 1.82) is 0 Å². The highest BCUT2D eigenvalue weighted by Crippen LogP contribution is 2.29. The first-order chi connectivity index (χ1) is 11.7. The van der Waals surface area contributed by atoms with Crippen LogP contribution in [-0.2, 0) is 0 Å². The maximum absolute atomic E-state index is 12.7. The van der Waals surface area contributed by atoms with Gasteiger partial charge in [0.05, 0.1) is 22.7 Å². The highest BCUT2D eigenvalue weighted by atomic mass is 16.2. The summed E-state index contributed by atoms with van der Waals surface area (Å²) < 4.78 is 0. The molecule has 0 bridgehead atoms. The minimum absolute atomic E-state index is 0.260. The van der Waals surface area contributed by atoms with E-state index in [2.05, 4.69) is 34.2 Å². The summed E-state index contributed by atoms with van der Waals surface area (Å²) in [4.78, 5) is 30.7. The van der Waals surface area contributed by atoms with Gasteiger partial charge in [-0.3, -0.25) is 19.6 Å². The van der Waals surface area contributed by atoms with Crippen LogP contribution in [0.15, 0.2) is 42.7 Å². The lowest BCUT2D eigenvalue weighted by atomic mass is 9.98. The zero-order chi connectivity index (χ0) is 16.7. The fourth-order valence-electron chi connectivity index (χ4n) is 3.14. The van der Waals surface area contributed by atoms with Crippen molar-refractivity contribution in [2.24, 2.45) is 0 Å². The van der Waals surface area contributed by atoms with Crippen molar-refractivity contribution in [3.63, 3.8) is 0 Å². The summed E-state index contributed by atoms with van der Waals surface area (Å²) >= 11 is 0. The van der Waals surface area contributed by atoms with Gasteiger partial charge >= 0.3 is 0 Å². The van der Waals surface area contributed by atoms with Crippen LogP contribution in [-0.4, -0.2) is 38.4 Å². The monoisotopic (exact) mass is 320 g/mol. The van der Waals surface area contributed by atoms with Crippen LogP contribution >= 0.6 is 0 Å². The molecule has 3 aromatic rings. The Bertz CT molecular complexity index is 933. The van der Waals surface area contributed by atoms with Crippen molar-refractivity contribution in [3.8, 4) is 0 Å². The molecule has 3 heterocycles. The van der Waals surface area contributed by atoms with Crippen molar-refractivity contribution in [2.45, 2.75) is 19.3 Å². The maximum atomic E-state index is 12.7. The highest BCUT2D eigenvalue weighted by Gasteiger charge is 2.37. The highest BCUT2D eigenvalue weighted by molar-refractivity contribution is 6.25. The van der Waals surface area contributed by atoms with Crippen LogP contribution in [0.5, 0.6) is 0 Å². The second-order valence-corrected chi connectivity index (χ2v) is 6.04. The predicted molar refractivity (Wildman–Crippen MR) is 88.7 cm³/mol. The molecule has 0 saturated heterocycles. The van der Waals surface area contributed by atoms with Gasteiger partial charge < -0.3 is 0 Å². The first-order valence-corrected chi connectivity index (χ1v) is 7.90. The molecule has 2 aromatic heterocycles. The topological polar surface area (TPSA) is 79.0 Å². The Morgan fingerprint density at radius 2 is 1.92 bits per heavy atom. The zero-order valence-electron chi connectivity index (χ0n) is 13.2. The van der Waals surface area contributed by atoms with E-state index in [0.717, 1.165) is 6.42 Å². The molecule has 24 heavy (non-hydrogen) atoms. The Hall–Kier alpha value is -3.02. The second-order valence-electron chi connectivity index (χ2n) is 6.04. The third-order valence-electron chi connectivity index (χ3n) is 4.57.